The second-order valence-electron chi connectivity index (χ2n) is 6.45. The van der Waals surface area contributed by atoms with Gasteiger partial charge in [-0.05, 0) is 36.5 Å². The highest BCUT2D eigenvalue weighted by Gasteiger charge is 2.26. The van der Waals surface area contributed by atoms with E-state index in [1.165, 1.54) is 0 Å². The van der Waals surface area contributed by atoms with Crippen molar-refractivity contribution in [3.8, 4) is 0 Å². The summed E-state index contributed by atoms with van der Waals surface area (Å²) in [6, 6.07) is 5.84. The van der Waals surface area contributed by atoms with Crippen molar-refractivity contribution in [3.05, 3.63) is 29.0 Å². The summed E-state index contributed by atoms with van der Waals surface area (Å²) in [5.41, 5.74) is 2.19. The van der Waals surface area contributed by atoms with Crippen LogP contribution in [0.3, 0.4) is 0 Å². The number of rotatable bonds is 4. The van der Waals surface area contributed by atoms with Gasteiger partial charge in [-0.3, -0.25) is 0 Å². The first kappa shape index (κ1) is 15.7. The largest absolute Gasteiger partial charge is 0.326 e. The smallest absolute Gasteiger partial charge is 0.127 e. The van der Waals surface area contributed by atoms with Gasteiger partial charge in [-0.15, -0.1) is 11.6 Å². The van der Waals surface area contributed by atoms with E-state index in [-0.39, 0.29) is 10.8 Å². The Kier molecular flexibility index (Phi) is 4.36. The van der Waals surface area contributed by atoms with Gasteiger partial charge in [0.15, 0.2) is 0 Å². The average Bonchev–Trinajstić information content (AvgIpc) is 2.66. The van der Waals surface area contributed by atoms with E-state index >= 15 is 0 Å². The molecule has 1 aromatic carbocycles. The Morgan fingerprint density at radius 3 is 2.45 bits per heavy atom. The van der Waals surface area contributed by atoms with Gasteiger partial charge in [-0.1, -0.05) is 39.3 Å². The predicted molar refractivity (Wildman–Crippen MR) is 87.6 cm³/mol. The Labute approximate surface area is 131 Å². The Morgan fingerprint density at radius 2 is 1.90 bits per heavy atom. The highest BCUT2D eigenvalue weighted by atomic mass is 35.5. The van der Waals surface area contributed by atoms with E-state index in [4.69, 9.17) is 23.2 Å². The topological polar surface area (TPSA) is 17.8 Å². The number of hydrogen-bond acceptors (Lipinski definition) is 1. The zero-order chi connectivity index (χ0) is 15.1. The van der Waals surface area contributed by atoms with Crippen LogP contribution in [-0.2, 0) is 6.54 Å². The van der Waals surface area contributed by atoms with Crippen molar-refractivity contribution < 1.29 is 0 Å². The molecule has 0 amide bonds. The normalized spacial score (nSPS) is 14.2. The first-order valence-electron chi connectivity index (χ1n) is 7.02. The number of aromatic nitrogens is 2. The zero-order valence-corrected chi connectivity index (χ0v) is 14.3. The van der Waals surface area contributed by atoms with E-state index < -0.39 is 0 Å². The van der Waals surface area contributed by atoms with Crippen molar-refractivity contribution in [2.24, 2.45) is 11.3 Å². The van der Waals surface area contributed by atoms with Crippen LogP contribution in [0.15, 0.2) is 18.2 Å². The molecule has 0 aliphatic rings. The third-order valence-electron chi connectivity index (χ3n) is 4.22. The van der Waals surface area contributed by atoms with Gasteiger partial charge in [0.2, 0.25) is 0 Å². The Hall–Kier alpha value is -0.730. The molecule has 0 spiro atoms. The maximum absolute atomic E-state index is 6.31. The first-order valence-corrected chi connectivity index (χ1v) is 7.83. The Bertz CT molecular complexity index is 612. The van der Waals surface area contributed by atoms with Gasteiger partial charge in [0.25, 0.3) is 0 Å². The fraction of sp³-hybridized carbons (Fsp3) is 0.562. The van der Waals surface area contributed by atoms with Crippen molar-refractivity contribution in [1.82, 2.24) is 9.55 Å². The Morgan fingerprint density at radius 1 is 1.25 bits per heavy atom. The number of nitrogens with zero attached hydrogens (tertiary/aromatic N) is 2. The fourth-order valence-corrected chi connectivity index (χ4v) is 2.51. The van der Waals surface area contributed by atoms with Crippen LogP contribution in [0.1, 0.15) is 45.8 Å². The monoisotopic (exact) mass is 312 g/mol. The number of halogens is 2. The van der Waals surface area contributed by atoms with Gasteiger partial charge in [-0.25, -0.2) is 4.98 Å². The molecule has 0 saturated carbocycles. The average molecular weight is 313 g/mol. The van der Waals surface area contributed by atoms with Crippen LogP contribution in [-0.4, -0.2) is 9.55 Å². The van der Waals surface area contributed by atoms with Crippen LogP contribution in [0.5, 0.6) is 0 Å². The highest BCUT2D eigenvalue weighted by Crippen LogP contribution is 2.33. The van der Waals surface area contributed by atoms with Crippen molar-refractivity contribution in [2.45, 2.75) is 46.5 Å². The second-order valence-corrected chi connectivity index (χ2v) is 7.54. The van der Waals surface area contributed by atoms with Crippen LogP contribution < -0.4 is 0 Å². The molecular formula is C16H22Cl2N2. The van der Waals surface area contributed by atoms with Crippen LogP contribution in [0, 0.1) is 11.3 Å². The molecule has 0 aliphatic heterocycles. The molecule has 0 bridgehead atoms. The molecular weight excluding hydrogens is 291 g/mol. The molecule has 2 rings (SSSR count). The number of imidazole rings is 1. The standard InChI is InChI=1S/C16H22Cl2N2/c1-10(2)16(4,5)9-20-14-7-6-12(18)8-13(14)19-15(20)11(3)17/h6-8,10-11H,9H2,1-5H3. The molecule has 0 saturated heterocycles. The summed E-state index contributed by atoms with van der Waals surface area (Å²) < 4.78 is 2.24. The SMILES string of the molecule is CC(Cl)c1nc2cc(Cl)ccc2n1CC(C)(C)C(C)C. The molecule has 4 heteroatoms. The lowest BCUT2D eigenvalue weighted by molar-refractivity contribution is 0.210. The minimum absolute atomic E-state index is 0.121. The van der Waals surface area contributed by atoms with Crippen LogP contribution in [0.4, 0.5) is 0 Å². The summed E-state index contributed by atoms with van der Waals surface area (Å²) in [5, 5.41) is 0.586. The van der Waals surface area contributed by atoms with Crippen molar-refractivity contribution in [2.75, 3.05) is 0 Å². The minimum atomic E-state index is -0.121. The molecule has 0 radical (unpaired) electrons. The zero-order valence-electron chi connectivity index (χ0n) is 12.7. The molecule has 1 atom stereocenters. The van der Waals surface area contributed by atoms with Crippen molar-refractivity contribution in [1.29, 1.82) is 0 Å². The lowest BCUT2D eigenvalue weighted by atomic mass is 9.81. The van der Waals surface area contributed by atoms with E-state index in [1.807, 2.05) is 25.1 Å². The first-order chi connectivity index (χ1) is 9.22. The quantitative estimate of drug-likeness (QED) is 0.665. The van der Waals surface area contributed by atoms with E-state index in [2.05, 4.69) is 37.2 Å². The number of hydrogen-bond donors (Lipinski definition) is 0. The van der Waals surface area contributed by atoms with Crippen LogP contribution in [0.2, 0.25) is 5.02 Å². The molecule has 0 aliphatic carbocycles. The molecule has 1 aromatic heterocycles. The summed E-state index contributed by atoms with van der Waals surface area (Å²) in [7, 11) is 0. The third-order valence-corrected chi connectivity index (χ3v) is 4.65. The molecule has 2 nitrogen and oxygen atoms in total. The summed E-state index contributed by atoms with van der Waals surface area (Å²) >= 11 is 12.4. The summed E-state index contributed by atoms with van der Waals surface area (Å²) in [5.74, 6) is 1.49. The number of fused-ring (bicyclic) bond motifs is 1. The molecule has 20 heavy (non-hydrogen) atoms. The van der Waals surface area contributed by atoms with Crippen LogP contribution in [0.25, 0.3) is 11.0 Å². The Balaban J connectivity index is 2.57. The molecule has 0 N–H and O–H groups in total. The van der Waals surface area contributed by atoms with Gasteiger partial charge in [0.1, 0.15) is 5.82 Å². The number of alkyl halides is 1. The highest BCUT2D eigenvalue weighted by molar-refractivity contribution is 6.31. The third kappa shape index (κ3) is 2.96. The van der Waals surface area contributed by atoms with Crippen LogP contribution >= 0.6 is 23.2 Å². The maximum Gasteiger partial charge on any atom is 0.127 e. The van der Waals surface area contributed by atoms with E-state index in [0.717, 1.165) is 23.4 Å². The van der Waals surface area contributed by atoms with Gasteiger partial charge < -0.3 is 4.57 Å². The van der Waals surface area contributed by atoms with E-state index in [1.54, 1.807) is 0 Å². The molecule has 110 valence electrons. The van der Waals surface area contributed by atoms with Gasteiger partial charge in [-0.2, -0.15) is 0 Å². The lowest BCUT2D eigenvalue weighted by Gasteiger charge is -2.31. The van der Waals surface area contributed by atoms with Gasteiger partial charge in [0.05, 0.1) is 16.4 Å². The number of benzene rings is 1. The van der Waals surface area contributed by atoms with Gasteiger partial charge >= 0.3 is 0 Å². The van der Waals surface area contributed by atoms with Crippen molar-refractivity contribution >= 4 is 34.2 Å². The van der Waals surface area contributed by atoms with E-state index in [9.17, 15) is 0 Å². The molecule has 1 unspecified atom stereocenters. The lowest BCUT2D eigenvalue weighted by Crippen LogP contribution is -2.26. The second kappa shape index (κ2) is 5.57. The van der Waals surface area contributed by atoms with Crippen molar-refractivity contribution in [3.63, 3.8) is 0 Å². The summed E-state index contributed by atoms with van der Waals surface area (Å²) in [6.07, 6.45) is 0. The summed E-state index contributed by atoms with van der Waals surface area (Å²) in [6.45, 7) is 11.9. The minimum Gasteiger partial charge on any atom is -0.326 e. The van der Waals surface area contributed by atoms with E-state index in [0.29, 0.717) is 10.9 Å². The fourth-order valence-electron chi connectivity index (χ4n) is 2.18. The molecule has 0 fully saturated rings. The maximum atomic E-state index is 6.31. The summed E-state index contributed by atoms with van der Waals surface area (Å²) in [4.78, 5) is 4.66. The molecule has 1 heterocycles. The van der Waals surface area contributed by atoms with Gasteiger partial charge in [0, 0.05) is 11.6 Å². The molecule has 2 aromatic rings. The predicted octanol–water partition coefficient (Wildman–Crippen LogP) is 5.67.